The van der Waals surface area contributed by atoms with Crippen LogP contribution in [0.4, 0.5) is 0 Å². The van der Waals surface area contributed by atoms with Gasteiger partial charge in [-0.05, 0) is 38.3 Å². The van der Waals surface area contributed by atoms with Crippen LogP contribution in [0.5, 0.6) is 0 Å². The SMILES string of the molecule is Cc1ccc([C@@H]2C[C@H]2C(=O)NCCCC(C)(C)C2OCCO2)s1. The molecule has 0 spiro atoms. The van der Waals surface area contributed by atoms with E-state index < -0.39 is 0 Å². The Hall–Kier alpha value is -0.910. The van der Waals surface area contributed by atoms with Crippen molar-refractivity contribution in [2.45, 2.75) is 52.2 Å². The smallest absolute Gasteiger partial charge is 0.223 e. The first kappa shape index (κ1) is 16.9. The van der Waals surface area contributed by atoms with Crippen LogP contribution in [-0.4, -0.2) is 32.0 Å². The molecule has 0 unspecified atom stereocenters. The molecule has 3 rings (SSSR count). The van der Waals surface area contributed by atoms with Crippen molar-refractivity contribution in [2.75, 3.05) is 19.8 Å². The minimum Gasteiger partial charge on any atom is -0.356 e. The van der Waals surface area contributed by atoms with E-state index in [-0.39, 0.29) is 23.5 Å². The van der Waals surface area contributed by atoms with Crippen LogP contribution in [0, 0.1) is 18.3 Å². The zero-order chi connectivity index (χ0) is 16.4. The number of hydrogen-bond acceptors (Lipinski definition) is 4. The van der Waals surface area contributed by atoms with E-state index in [1.807, 2.05) is 11.3 Å². The average molecular weight is 337 g/mol. The summed E-state index contributed by atoms with van der Waals surface area (Å²) in [6.07, 6.45) is 2.84. The summed E-state index contributed by atoms with van der Waals surface area (Å²) in [6.45, 7) is 8.57. The molecule has 0 bridgehead atoms. The van der Waals surface area contributed by atoms with Gasteiger partial charge in [0, 0.05) is 33.5 Å². The van der Waals surface area contributed by atoms with Crippen molar-refractivity contribution < 1.29 is 14.3 Å². The van der Waals surface area contributed by atoms with Gasteiger partial charge in [0.15, 0.2) is 6.29 Å². The third kappa shape index (κ3) is 4.14. The summed E-state index contributed by atoms with van der Waals surface area (Å²) in [5, 5.41) is 3.10. The molecule has 2 aliphatic rings. The minimum atomic E-state index is -0.104. The van der Waals surface area contributed by atoms with Crippen molar-refractivity contribution in [1.29, 1.82) is 0 Å². The van der Waals surface area contributed by atoms with Crippen LogP contribution in [0.3, 0.4) is 0 Å². The van der Waals surface area contributed by atoms with Crippen LogP contribution < -0.4 is 5.32 Å². The first-order valence-corrected chi connectivity index (χ1v) is 9.36. The van der Waals surface area contributed by atoms with Crippen LogP contribution in [0.25, 0.3) is 0 Å². The standard InChI is InChI=1S/C18H27NO3S/c1-12-5-6-15(23-12)13-11-14(13)16(20)19-8-4-7-18(2,3)17-21-9-10-22-17/h5-6,13-14,17H,4,7-11H2,1-3H3,(H,19,20)/t13-,14-/m1/s1. The molecule has 0 radical (unpaired) electrons. The fourth-order valence-corrected chi connectivity index (χ4v) is 4.32. The zero-order valence-corrected chi connectivity index (χ0v) is 15.1. The molecular weight excluding hydrogens is 310 g/mol. The summed E-state index contributed by atoms with van der Waals surface area (Å²) in [6, 6.07) is 4.31. The van der Waals surface area contributed by atoms with Gasteiger partial charge in [-0.1, -0.05) is 13.8 Å². The Bertz CT molecular complexity index is 548. The van der Waals surface area contributed by atoms with Crippen molar-refractivity contribution in [2.24, 2.45) is 11.3 Å². The molecule has 2 atom stereocenters. The Morgan fingerprint density at radius 2 is 2.09 bits per heavy atom. The number of thiophene rings is 1. The molecule has 1 aromatic rings. The first-order valence-electron chi connectivity index (χ1n) is 8.54. The zero-order valence-electron chi connectivity index (χ0n) is 14.3. The molecule has 1 saturated heterocycles. The highest BCUT2D eigenvalue weighted by molar-refractivity contribution is 7.12. The maximum absolute atomic E-state index is 12.2. The van der Waals surface area contributed by atoms with E-state index >= 15 is 0 Å². The molecule has 128 valence electrons. The highest BCUT2D eigenvalue weighted by Gasteiger charge is 2.44. The fraction of sp³-hybridized carbons (Fsp3) is 0.722. The van der Waals surface area contributed by atoms with Gasteiger partial charge in [0.25, 0.3) is 0 Å². The predicted octanol–water partition coefficient (Wildman–Crippen LogP) is 3.46. The summed E-state index contributed by atoms with van der Waals surface area (Å²) in [5.74, 6) is 0.847. The Labute approximate surface area is 142 Å². The van der Waals surface area contributed by atoms with Crippen LogP contribution in [-0.2, 0) is 14.3 Å². The van der Waals surface area contributed by atoms with Crippen LogP contribution in [0.2, 0.25) is 0 Å². The maximum atomic E-state index is 12.2. The molecule has 1 N–H and O–H groups in total. The van der Waals surface area contributed by atoms with E-state index in [0.717, 1.165) is 25.8 Å². The number of carbonyl (C=O) groups excluding carboxylic acids is 1. The number of carbonyl (C=O) groups is 1. The lowest BCUT2D eigenvalue weighted by Crippen LogP contribution is -2.32. The Kier molecular flexibility index (Phi) is 5.09. The fourth-order valence-electron chi connectivity index (χ4n) is 3.27. The maximum Gasteiger partial charge on any atom is 0.223 e. The minimum absolute atomic E-state index is 0.00214. The van der Waals surface area contributed by atoms with Gasteiger partial charge in [-0.2, -0.15) is 0 Å². The van der Waals surface area contributed by atoms with E-state index in [0.29, 0.717) is 19.1 Å². The summed E-state index contributed by atoms with van der Waals surface area (Å²) < 4.78 is 11.2. The second-order valence-corrected chi connectivity index (χ2v) is 8.67. The molecule has 5 heteroatoms. The number of rotatable bonds is 7. The van der Waals surface area contributed by atoms with Crippen molar-refractivity contribution in [1.82, 2.24) is 5.32 Å². The average Bonchev–Trinajstić information content (AvgIpc) is 2.92. The second-order valence-electron chi connectivity index (χ2n) is 7.35. The molecule has 1 amide bonds. The van der Waals surface area contributed by atoms with Gasteiger partial charge in [-0.3, -0.25) is 4.79 Å². The second kappa shape index (κ2) is 6.91. The third-order valence-electron chi connectivity index (χ3n) is 4.81. The number of amides is 1. The topological polar surface area (TPSA) is 47.6 Å². The first-order chi connectivity index (χ1) is 11.0. The normalized spacial score (nSPS) is 24.8. The number of aryl methyl sites for hydroxylation is 1. The molecule has 0 aromatic carbocycles. The molecular formula is C18H27NO3S. The molecule has 1 saturated carbocycles. The molecule has 4 nitrogen and oxygen atoms in total. The van der Waals surface area contributed by atoms with Gasteiger partial charge < -0.3 is 14.8 Å². The highest BCUT2D eigenvalue weighted by Crippen LogP contribution is 2.49. The lowest BCUT2D eigenvalue weighted by molar-refractivity contribution is -0.124. The van der Waals surface area contributed by atoms with Crippen molar-refractivity contribution >= 4 is 17.2 Å². The molecule has 1 aliphatic heterocycles. The van der Waals surface area contributed by atoms with E-state index in [1.165, 1.54) is 9.75 Å². The van der Waals surface area contributed by atoms with E-state index in [1.54, 1.807) is 0 Å². The lowest BCUT2D eigenvalue weighted by atomic mass is 9.87. The molecule has 23 heavy (non-hydrogen) atoms. The Balaban J connectivity index is 1.35. The molecule has 2 heterocycles. The van der Waals surface area contributed by atoms with Gasteiger partial charge in [-0.25, -0.2) is 0 Å². The number of ether oxygens (including phenoxy) is 2. The summed E-state index contributed by atoms with van der Waals surface area (Å²) in [7, 11) is 0. The highest BCUT2D eigenvalue weighted by atomic mass is 32.1. The predicted molar refractivity (Wildman–Crippen MR) is 91.6 cm³/mol. The van der Waals surface area contributed by atoms with Crippen LogP contribution >= 0.6 is 11.3 Å². The van der Waals surface area contributed by atoms with Crippen LogP contribution in [0.1, 0.15) is 48.8 Å². The monoisotopic (exact) mass is 337 g/mol. The van der Waals surface area contributed by atoms with Gasteiger partial charge in [0.2, 0.25) is 5.91 Å². The van der Waals surface area contributed by atoms with Gasteiger partial charge in [0.1, 0.15) is 0 Å². The van der Waals surface area contributed by atoms with Crippen molar-refractivity contribution in [3.8, 4) is 0 Å². The lowest BCUT2D eigenvalue weighted by Gasteiger charge is -2.29. The Morgan fingerprint density at radius 1 is 1.35 bits per heavy atom. The van der Waals surface area contributed by atoms with E-state index in [4.69, 9.17) is 9.47 Å². The van der Waals surface area contributed by atoms with E-state index in [2.05, 4.69) is 38.2 Å². The quantitative estimate of drug-likeness (QED) is 0.775. The van der Waals surface area contributed by atoms with Gasteiger partial charge in [0.05, 0.1) is 13.2 Å². The number of hydrogen-bond donors (Lipinski definition) is 1. The third-order valence-corrected chi connectivity index (χ3v) is 5.94. The van der Waals surface area contributed by atoms with Crippen molar-refractivity contribution in [3.05, 3.63) is 21.9 Å². The van der Waals surface area contributed by atoms with E-state index in [9.17, 15) is 4.79 Å². The number of nitrogens with one attached hydrogen (secondary N) is 1. The summed E-state index contributed by atoms with van der Waals surface area (Å²) in [4.78, 5) is 14.9. The molecule has 2 fully saturated rings. The Morgan fingerprint density at radius 3 is 2.74 bits per heavy atom. The molecule has 1 aromatic heterocycles. The molecule has 1 aliphatic carbocycles. The van der Waals surface area contributed by atoms with Gasteiger partial charge in [-0.15, -0.1) is 11.3 Å². The summed E-state index contributed by atoms with van der Waals surface area (Å²) in [5.41, 5.74) is -0.00214. The summed E-state index contributed by atoms with van der Waals surface area (Å²) >= 11 is 1.82. The van der Waals surface area contributed by atoms with Crippen molar-refractivity contribution in [3.63, 3.8) is 0 Å². The largest absolute Gasteiger partial charge is 0.356 e. The van der Waals surface area contributed by atoms with Gasteiger partial charge >= 0.3 is 0 Å². The van der Waals surface area contributed by atoms with Crippen LogP contribution in [0.15, 0.2) is 12.1 Å².